The van der Waals surface area contributed by atoms with E-state index >= 15 is 0 Å². The summed E-state index contributed by atoms with van der Waals surface area (Å²) in [5.41, 5.74) is 2.64. The maximum atomic E-state index is 14.3. The van der Waals surface area contributed by atoms with Gasteiger partial charge in [-0.1, -0.05) is 0 Å². The summed E-state index contributed by atoms with van der Waals surface area (Å²) < 4.78 is 15.8. The molecule has 2 amide bonds. The summed E-state index contributed by atoms with van der Waals surface area (Å²) in [5.74, 6) is -1.30. The summed E-state index contributed by atoms with van der Waals surface area (Å²) in [6.45, 7) is 1.76. The highest BCUT2D eigenvalue weighted by molar-refractivity contribution is 6.15. The van der Waals surface area contributed by atoms with Crippen LogP contribution in [0.3, 0.4) is 0 Å². The number of carbonyl (C=O) groups is 2. The number of hydrogen-bond acceptors (Lipinski definition) is 5. The van der Waals surface area contributed by atoms with E-state index in [1.807, 2.05) is 0 Å². The summed E-state index contributed by atoms with van der Waals surface area (Å²) >= 11 is 0. The number of H-pyrrole nitrogens is 2. The van der Waals surface area contributed by atoms with Crippen molar-refractivity contribution in [3.8, 4) is 0 Å². The van der Waals surface area contributed by atoms with Crippen LogP contribution in [0.25, 0.3) is 16.7 Å². The lowest BCUT2D eigenvalue weighted by atomic mass is 10.1. The van der Waals surface area contributed by atoms with Gasteiger partial charge in [0.1, 0.15) is 5.52 Å². The van der Waals surface area contributed by atoms with Crippen molar-refractivity contribution < 1.29 is 14.0 Å². The van der Waals surface area contributed by atoms with E-state index in [9.17, 15) is 14.0 Å². The van der Waals surface area contributed by atoms with Crippen molar-refractivity contribution in [2.24, 2.45) is 0 Å². The Morgan fingerprint density at radius 1 is 1.10 bits per heavy atom. The molecule has 5 rings (SSSR count). The second kappa shape index (κ2) is 7.06. The second-order valence-corrected chi connectivity index (χ2v) is 6.82. The van der Waals surface area contributed by atoms with Gasteiger partial charge in [-0.3, -0.25) is 9.59 Å². The number of aryl methyl sites for hydroxylation is 1. The van der Waals surface area contributed by atoms with E-state index in [0.717, 1.165) is 0 Å². The molecule has 0 atom stereocenters. The van der Waals surface area contributed by atoms with Crippen molar-refractivity contribution in [1.82, 2.24) is 29.3 Å². The van der Waals surface area contributed by atoms with Crippen molar-refractivity contribution in [3.05, 3.63) is 72.2 Å². The number of rotatable bonds is 4. The second-order valence-electron chi connectivity index (χ2n) is 6.82. The molecule has 10 nitrogen and oxygen atoms in total. The Hall–Kier alpha value is -4.54. The minimum absolute atomic E-state index is 0.154. The SMILES string of the molecule is Cc1cn2cc(NC(=O)c3ccc(NC(=O)c4ncc[nH]4)c4[nH]cnc34)cc(F)c2n1. The highest BCUT2D eigenvalue weighted by Gasteiger charge is 2.18. The quantitative estimate of drug-likeness (QED) is 0.356. The van der Waals surface area contributed by atoms with Crippen LogP contribution in [0.2, 0.25) is 0 Å². The zero-order valence-corrected chi connectivity index (χ0v) is 16.1. The van der Waals surface area contributed by atoms with Crippen molar-refractivity contribution in [2.45, 2.75) is 6.92 Å². The lowest BCUT2D eigenvalue weighted by Gasteiger charge is -2.09. The number of pyridine rings is 1. The lowest BCUT2D eigenvalue weighted by Crippen LogP contribution is -2.16. The van der Waals surface area contributed by atoms with Gasteiger partial charge in [-0.05, 0) is 19.1 Å². The molecule has 0 aliphatic rings. The molecule has 0 saturated carbocycles. The number of carbonyl (C=O) groups excluding carboxylic acids is 2. The van der Waals surface area contributed by atoms with Gasteiger partial charge in [-0.25, -0.2) is 19.3 Å². The van der Waals surface area contributed by atoms with E-state index in [1.165, 1.54) is 29.1 Å². The molecule has 0 radical (unpaired) electrons. The van der Waals surface area contributed by atoms with Crippen LogP contribution in [0, 0.1) is 12.7 Å². The van der Waals surface area contributed by atoms with E-state index in [1.54, 1.807) is 31.6 Å². The van der Waals surface area contributed by atoms with Gasteiger partial charge in [-0.15, -0.1) is 0 Å². The molecule has 11 heteroatoms. The normalized spacial score (nSPS) is 11.2. The molecule has 4 heterocycles. The molecule has 0 saturated heterocycles. The number of anilines is 2. The lowest BCUT2D eigenvalue weighted by molar-refractivity contribution is 0.101. The number of aromatic amines is 2. The van der Waals surface area contributed by atoms with Gasteiger partial charge in [0.2, 0.25) is 0 Å². The predicted molar refractivity (Wildman–Crippen MR) is 110 cm³/mol. The van der Waals surface area contributed by atoms with Crippen molar-refractivity contribution in [1.29, 1.82) is 0 Å². The minimum atomic E-state index is -0.549. The molecule has 0 aliphatic carbocycles. The summed E-state index contributed by atoms with van der Waals surface area (Å²) in [5, 5.41) is 5.40. The molecule has 5 aromatic rings. The summed E-state index contributed by atoms with van der Waals surface area (Å²) in [4.78, 5) is 43.0. The number of halogens is 1. The monoisotopic (exact) mass is 418 g/mol. The molecule has 0 aliphatic heterocycles. The first-order valence-electron chi connectivity index (χ1n) is 9.22. The van der Waals surface area contributed by atoms with E-state index in [2.05, 4.69) is 35.6 Å². The van der Waals surface area contributed by atoms with Gasteiger partial charge in [0.05, 0.1) is 34.5 Å². The molecule has 0 bridgehead atoms. The Morgan fingerprint density at radius 3 is 2.77 bits per heavy atom. The first kappa shape index (κ1) is 18.5. The molecule has 0 fully saturated rings. The Kier molecular flexibility index (Phi) is 4.21. The van der Waals surface area contributed by atoms with Crippen LogP contribution in [0.4, 0.5) is 15.8 Å². The van der Waals surface area contributed by atoms with Crippen LogP contribution >= 0.6 is 0 Å². The number of amides is 2. The number of benzene rings is 1. The Bertz CT molecular complexity index is 1450. The van der Waals surface area contributed by atoms with Crippen LogP contribution in [-0.2, 0) is 0 Å². The third kappa shape index (κ3) is 3.27. The van der Waals surface area contributed by atoms with Crippen LogP contribution in [0.1, 0.15) is 26.7 Å². The highest BCUT2D eigenvalue weighted by atomic mass is 19.1. The predicted octanol–water partition coefficient (Wildman–Crippen LogP) is 2.89. The topological polar surface area (TPSA) is 133 Å². The zero-order chi connectivity index (χ0) is 21.5. The minimum Gasteiger partial charge on any atom is -0.343 e. The smallest absolute Gasteiger partial charge is 0.291 e. The molecule has 4 aromatic heterocycles. The van der Waals surface area contributed by atoms with Crippen molar-refractivity contribution in [2.75, 3.05) is 10.6 Å². The fraction of sp³-hybridized carbons (Fsp3) is 0.0500. The van der Waals surface area contributed by atoms with E-state index in [4.69, 9.17) is 0 Å². The van der Waals surface area contributed by atoms with Crippen molar-refractivity contribution >= 4 is 39.9 Å². The van der Waals surface area contributed by atoms with E-state index in [0.29, 0.717) is 22.4 Å². The fourth-order valence-corrected chi connectivity index (χ4v) is 3.34. The molecule has 0 unspecified atom stereocenters. The van der Waals surface area contributed by atoms with E-state index in [-0.39, 0.29) is 22.7 Å². The summed E-state index contributed by atoms with van der Waals surface area (Å²) in [6, 6.07) is 4.32. The van der Waals surface area contributed by atoms with Crippen LogP contribution in [0.5, 0.6) is 0 Å². The third-order valence-corrected chi connectivity index (χ3v) is 4.67. The number of nitrogens with one attached hydrogen (secondary N) is 4. The fourth-order valence-electron chi connectivity index (χ4n) is 3.34. The molecular formula is C20H15FN8O2. The van der Waals surface area contributed by atoms with Gasteiger partial charge >= 0.3 is 0 Å². The molecule has 4 N–H and O–H groups in total. The average molecular weight is 418 g/mol. The van der Waals surface area contributed by atoms with Gasteiger partial charge < -0.3 is 25.0 Å². The first-order chi connectivity index (χ1) is 15.0. The Labute approximate surface area is 173 Å². The van der Waals surface area contributed by atoms with Crippen LogP contribution < -0.4 is 10.6 Å². The highest BCUT2D eigenvalue weighted by Crippen LogP contribution is 2.25. The average Bonchev–Trinajstić information content (AvgIpc) is 3.48. The van der Waals surface area contributed by atoms with E-state index < -0.39 is 17.6 Å². The summed E-state index contributed by atoms with van der Waals surface area (Å²) in [6.07, 6.45) is 7.68. The molecule has 1 aromatic carbocycles. The maximum Gasteiger partial charge on any atom is 0.291 e. The van der Waals surface area contributed by atoms with Crippen molar-refractivity contribution in [3.63, 3.8) is 0 Å². The zero-order valence-electron chi connectivity index (χ0n) is 16.1. The maximum absolute atomic E-state index is 14.3. The van der Waals surface area contributed by atoms with Gasteiger partial charge in [0, 0.05) is 30.9 Å². The van der Waals surface area contributed by atoms with Crippen LogP contribution in [-0.4, -0.2) is 41.1 Å². The standard InChI is InChI=1S/C20H15FN8O2/c1-10-7-29-8-11(6-13(21)18(29)26-10)27-19(30)12-2-3-14(16-15(12)24-9-25-16)28-20(31)17-22-4-5-23-17/h2-9H,1H3,(H,22,23)(H,24,25)(H,27,30)(H,28,31). The largest absolute Gasteiger partial charge is 0.343 e. The number of aromatic nitrogens is 6. The molecule has 154 valence electrons. The number of nitrogens with zero attached hydrogens (tertiary/aromatic N) is 4. The Balaban J connectivity index is 1.45. The van der Waals surface area contributed by atoms with Gasteiger partial charge in [0.15, 0.2) is 17.3 Å². The van der Waals surface area contributed by atoms with Gasteiger partial charge in [0.25, 0.3) is 11.8 Å². The number of fused-ring (bicyclic) bond motifs is 2. The number of imidazole rings is 3. The molecule has 31 heavy (non-hydrogen) atoms. The van der Waals surface area contributed by atoms with Crippen LogP contribution in [0.15, 0.2) is 49.3 Å². The third-order valence-electron chi connectivity index (χ3n) is 4.67. The van der Waals surface area contributed by atoms with Gasteiger partial charge in [-0.2, -0.15) is 0 Å². The first-order valence-corrected chi connectivity index (χ1v) is 9.22. The number of hydrogen-bond donors (Lipinski definition) is 4. The Morgan fingerprint density at radius 2 is 1.97 bits per heavy atom. The molecular weight excluding hydrogens is 403 g/mol. The molecule has 0 spiro atoms. The summed E-state index contributed by atoms with van der Waals surface area (Å²) in [7, 11) is 0.